The average molecular weight is 490 g/mol. The first-order chi connectivity index (χ1) is 17.0. The van der Waals surface area contributed by atoms with Gasteiger partial charge in [0.05, 0.1) is 12.0 Å². The second kappa shape index (κ2) is 10.4. The molecule has 182 valence electrons. The second-order valence-corrected chi connectivity index (χ2v) is 10.2. The number of hydrogen-bond acceptors (Lipinski definition) is 3. The molecule has 2 aliphatic carbocycles. The number of fused-ring (bicyclic) bond motifs is 1. The van der Waals surface area contributed by atoms with Gasteiger partial charge in [0.1, 0.15) is 0 Å². The Morgan fingerprint density at radius 3 is 2.54 bits per heavy atom. The number of rotatable bonds is 6. The van der Waals surface area contributed by atoms with Crippen molar-refractivity contribution in [1.29, 1.82) is 0 Å². The number of allylic oxidation sites excluding steroid dienone is 2. The van der Waals surface area contributed by atoms with Gasteiger partial charge in [0.15, 0.2) is 0 Å². The van der Waals surface area contributed by atoms with E-state index in [1.54, 1.807) is 0 Å². The SMILES string of the molecule is NC1CCCCC1N1C(=O)c2ccccc2C(C(=O)NCCc2ccccc2)C1C1C=CC(Cl)=C1. The number of hydrogen-bond donors (Lipinski definition) is 2. The number of benzene rings is 2. The summed E-state index contributed by atoms with van der Waals surface area (Å²) in [6.45, 7) is 0.530. The van der Waals surface area contributed by atoms with Crippen LogP contribution >= 0.6 is 11.6 Å². The Bertz CT molecular complexity index is 1150. The van der Waals surface area contributed by atoms with Crippen LogP contribution in [0, 0.1) is 5.92 Å². The van der Waals surface area contributed by atoms with E-state index in [0.29, 0.717) is 17.1 Å². The Labute approximate surface area is 212 Å². The third-order valence-corrected chi connectivity index (χ3v) is 7.88. The molecule has 0 saturated heterocycles. The van der Waals surface area contributed by atoms with Gasteiger partial charge in [-0.1, -0.05) is 85.1 Å². The maximum atomic E-state index is 13.9. The lowest BCUT2D eigenvalue weighted by Gasteiger charge is -2.49. The monoisotopic (exact) mass is 489 g/mol. The summed E-state index contributed by atoms with van der Waals surface area (Å²) in [5, 5.41) is 3.81. The second-order valence-electron chi connectivity index (χ2n) is 9.80. The van der Waals surface area contributed by atoms with Gasteiger partial charge in [-0.2, -0.15) is 0 Å². The predicted molar refractivity (Wildman–Crippen MR) is 139 cm³/mol. The van der Waals surface area contributed by atoms with Crippen LogP contribution in [-0.2, 0) is 11.2 Å². The van der Waals surface area contributed by atoms with Crippen molar-refractivity contribution in [1.82, 2.24) is 10.2 Å². The standard InChI is InChI=1S/C29H32ClN3O2/c30-21-15-14-20(18-21)27-26(28(34)32-17-16-19-8-2-1-3-9-19)22-10-4-5-11-23(22)29(35)33(27)25-13-7-6-12-24(25)31/h1-5,8-11,14-15,18,20,24-27H,6-7,12-13,16-17,31H2,(H,32,34). The van der Waals surface area contributed by atoms with Crippen molar-refractivity contribution in [2.75, 3.05) is 6.54 Å². The summed E-state index contributed by atoms with van der Waals surface area (Å²) in [6.07, 6.45) is 10.4. The molecule has 5 nitrogen and oxygen atoms in total. The maximum absolute atomic E-state index is 13.9. The van der Waals surface area contributed by atoms with E-state index in [9.17, 15) is 9.59 Å². The summed E-state index contributed by atoms with van der Waals surface area (Å²) in [7, 11) is 0. The van der Waals surface area contributed by atoms with Gasteiger partial charge in [-0.05, 0) is 42.5 Å². The molecule has 0 bridgehead atoms. The van der Waals surface area contributed by atoms with Crippen LogP contribution in [0.15, 0.2) is 77.9 Å². The van der Waals surface area contributed by atoms with Gasteiger partial charge < -0.3 is 16.0 Å². The van der Waals surface area contributed by atoms with E-state index in [-0.39, 0.29) is 35.9 Å². The number of carbonyl (C=O) groups is 2. The number of carbonyl (C=O) groups excluding carboxylic acids is 2. The zero-order valence-electron chi connectivity index (χ0n) is 19.8. The molecule has 1 aliphatic heterocycles. The molecule has 2 amide bonds. The Morgan fingerprint density at radius 1 is 1.06 bits per heavy atom. The minimum atomic E-state index is -0.512. The van der Waals surface area contributed by atoms with Crippen molar-refractivity contribution in [2.45, 2.75) is 56.1 Å². The summed E-state index contributed by atoms with van der Waals surface area (Å²) in [5.74, 6) is -0.766. The van der Waals surface area contributed by atoms with E-state index in [1.807, 2.05) is 65.6 Å². The largest absolute Gasteiger partial charge is 0.355 e. The van der Waals surface area contributed by atoms with Gasteiger partial charge in [0.25, 0.3) is 5.91 Å². The van der Waals surface area contributed by atoms with E-state index < -0.39 is 5.92 Å². The fraction of sp³-hybridized carbons (Fsp3) is 0.379. The highest BCUT2D eigenvalue weighted by Crippen LogP contribution is 2.42. The van der Waals surface area contributed by atoms with Gasteiger partial charge in [0.2, 0.25) is 5.91 Å². The molecule has 5 rings (SSSR count). The molecule has 1 saturated carbocycles. The van der Waals surface area contributed by atoms with Gasteiger partial charge >= 0.3 is 0 Å². The normalized spacial score (nSPS) is 27.9. The zero-order chi connectivity index (χ0) is 24.4. The Balaban J connectivity index is 1.51. The summed E-state index contributed by atoms with van der Waals surface area (Å²) < 4.78 is 0. The molecule has 1 fully saturated rings. The van der Waals surface area contributed by atoms with Crippen LogP contribution in [0.2, 0.25) is 0 Å². The average Bonchev–Trinajstić information content (AvgIpc) is 3.31. The summed E-state index contributed by atoms with van der Waals surface area (Å²) in [6, 6.07) is 17.1. The first-order valence-electron chi connectivity index (χ1n) is 12.6. The molecule has 1 heterocycles. The van der Waals surface area contributed by atoms with Crippen LogP contribution in [0.3, 0.4) is 0 Å². The molecular formula is C29H32ClN3O2. The van der Waals surface area contributed by atoms with Crippen molar-refractivity contribution in [2.24, 2.45) is 11.7 Å². The first kappa shape index (κ1) is 23.8. The van der Waals surface area contributed by atoms with Crippen molar-refractivity contribution < 1.29 is 9.59 Å². The summed E-state index contributed by atoms with van der Waals surface area (Å²) in [4.78, 5) is 29.7. The fourth-order valence-electron chi connectivity index (χ4n) is 5.94. The minimum absolute atomic E-state index is 0.0360. The quantitative estimate of drug-likeness (QED) is 0.625. The lowest BCUT2D eigenvalue weighted by molar-refractivity contribution is -0.124. The van der Waals surface area contributed by atoms with Crippen LogP contribution in [0.1, 0.15) is 53.1 Å². The van der Waals surface area contributed by atoms with E-state index in [0.717, 1.165) is 37.7 Å². The summed E-state index contributed by atoms with van der Waals surface area (Å²) in [5.41, 5.74) is 9.15. The molecule has 0 spiro atoms. The number of amides is 2. The highest BCUT2D eigenvalue weighted by Gasteiger charge is 2.49. The number of nitrogens with zero attached hydrogens (tertiary/aromatic N) is 1. The van der Waals surface area contributed by atoms with Crippen molar-refractivity contribution in [3.05, 3.63) is 94.5 Å². The molecule has 35 heavy (non-hydrogen) atoms. The van der Waals surface area contributed by atoms with Crippen LogP contribution < -0.4 is 11.1 Å². The van der Waals surface area contributed by atoms with Crippen molar-refractivity contribution >= 4 is 23.4 Å². The van der Waals surface area contributed by atoms with Crippen molar-refractivity contribution in [3.8, 4) is 0 Å². The van der Waals surface area contributed by atoms with E-state index >= 15 is 0 Å². The van der Waals surface area contributed by atoms with Crippen molar-refractivity contribution in [3.63, 3.8) is 0 Å². The third-order valence-electron chi connectivity index (χ3n) is 7.62. The van der Waals surface area contributed by atoms with E-state index in [2.05, 4.69) is 17.4 Å². The fourth-order valence-corrected chi connectivity index (χ4v) is 6.16. The molecule has 3 N–H and O–H groups in total. The molecular weight excluding hydrogens is 458 g/mol. The predicted octanol–water partition coefficient (Wildman–Crippen LogP) is 4.53. The summed E-state index contributed by atoms with van der Waals surface area (Å²) >= 11 is 6.35. The van der Waals surface area contributed by atoms with E-state index in [1.165, 1.54) is 5.56 Å². The lowest BCUT2D eigenvalue weighted by Crippen LogP contribution is -2.62. The zero-order valence-corrected chi connectivity index (χ0v) is 20.5. The number of halogens is 1. The van der Waals surface area contributed by atoms with Crippen LogP contribution in [0.5, 0.6) is 0 Å². The third kappa shape index (κ3) is 4.80. The molecule has 2 aromatic rings. The topological polar surface area (TPSA) is 75.4 Å². The Kier molecular flexibility index (Phi) is 7.07. The Hall–Kier alpha value is -2.89. The lowest BCUT2D eigenvalue weighted by atomic mass is 9.74. The molecule has 2 aromatic carbocycles. The number of nitrogens with two attached hydrogens (primary N) is 1. The first-order valence-corrected chi connectivity index (χ1v) is 13.0. The molecule has 5 unspecified atom stereocenters. The van der Waals surface area contributed by atoms with Crippen LogP contribution in [0.25, 0.3) is 0 Å². The van der Waals surface area contributed by atoms with Gasteiger partial charge in [0, 0.05) is 35.1 Å². The van der Waals surface area contributed by atoms with Gasteiger partial charge in [-0.3, -0.25) is 9.59 Å². The van der Waals surface area contributed by atoms with Crippen LogP contribution in [0.4, 0.5) is 0 Å². The van der Waals surface area contributed by atoms with Gasteiger partial charge in [-0.25, -0.2) is 0 Å². The van der Waals surface area contributed by atoms with Crippen LogP contribution in [-0.4, -0.2) is 41.4 Å². The molecule has 6 heteroatoms. The molecule has 5 atom stereocenters. The van der Waals surface area contributed by atoms with E-state index in [4.69, 9.17) is 17.3 Å². The number of nitrogens with one attached hydrogen (secondary N) is 1. The Morgan fingerprint density at radius 2 is 1.80 bits per heavy atom. The van der Waals surface area contributed by atoms with Gasteiger partial charge in [-0.15, -0.1) is 0 Å². The highest BCUT2D eigenvalue weighted by atomic mass is 35.5. The minimum Gasteiger partial charge on any atom is -0.355 e. The molecule has 3 aliphatic rings. The molecule has 0 aromatic heterocycles. The molecule has 0 radical (unpaired) electrons. The highest BCUT2D eigenvalue weighted by molar-refractivity contribution is 6.31. The smallest absolute Gasteiger partial charge is 0.254 e. The maximum Gasteiger partial charge on any atom is 0.254 e.